The van der Waals surface area contributed by atoms with E-state index in [0.717, 1.165) is 18.7 Å². The second kappa shape index (κ2) is 6.41. The van der Waals surface area contributed by atoms with Gasteiger partial charge in [0.15, 0.2) is 0 Å². The maximum Gasteiger partial charge on any atom is 0.131 e. The molecule has 3 heteroatoms. The summed E-state index contributed by atoms with van der Waals surface area (Å²) >= 11 is 5.83. The van der Waals surface area contributed by atoms with Gasteiger partial charge in [0.25, 0.3) is 0 Å². The van der Waals surface area contributed by atoms with E-state index in [1.54, 1.807) is 6.20 Å². The Kier molecular flexibility index (Phi) is 4.59. The second-order valence-electron chi connectivity index (χ2n) is 4.39. The molecule has 1 unspecified atom stereocenters. The summed E-state index contributed by atoms with van der Waals surface area (Å²) in [5, 5.41) is 3.89. The van der Waals surface area contributed by atoms with Gasteiger partial charge in [0, 0.05) is 18.4 Å². The Labute approximate surface area is 113 Å². The summed E-state index contributed by atoms with van der Waals surface area (Å²) in [6.45, 7) is 3.17. The number of nitrogens with one attached hydrogen (secondary N) is 1. The zero-order valence-corrected chi connectivity index (χ0v) is 11.2. The first kappa shape index (κ1) is 12.9. The minimum atomic E-state index is 0.524. The maximum atomic E-state index is 5.83. The van der Waals surface area contributed by atoms with Crippen LogP contribution >= 0.6 is 11.6 Å². The lowest BCUT2D eigenvalue weighted by Crippen LogP contribution is -2.06. The molecule has 0 fully saturated rings. The molecule has 2 nitrogen and oxygen atoms in total. The average molecular weight is 261 g/mol. The van der Waals surface area contributed by atoms with E-state index >= 15 is 0 Å². The van der Waals surface area contributed by atoms with E-state index in [0.29, 0.717) is 11.1 Å². The van der Waals surface area contributed by atoms with Gasteiger partial charge >= 0.3 is 0 Å². The van der Waals surface area contributed by atoms with Crippen molar-refractivity contribution in [2.75, 3.05) is 11.9 Å². The number of halogens is 1. The molecule has 1 N–H and O–H groups in total. The van der Waals surface area contributed by atoms with Crippen LogP contribution < -0.4 is 5.32 Å². The number of benzene rings is 1. The molecule has 1 aromatic heterocycles. The van der Waals surface area contributed by atoms with Crippen molar-refractivity contribution in [3.8, 4) is 0 Å². The molecule has 0 aliphatic carbocycles. The van der Waals surface area contributed by atoms with Crippen LogP contribution in [-0.2, 0) is 0 Å². The molecular formula is C15H17ClN2. The van der Waals surface area contributed by atoms with Crippen LogP contribution in [0.4, 0.5) is 5.69 Å². The van der Waals surface area contributed by atoms with Gasteiger partial charge in [-0.3, -0.25) is 0 Å². The quantitative estimate of drug-likeness (QED) is 0.809. The Morgan fingerprint density at radius 1 is 1.22 bits per heavy atom. The number of aromatic nitrogens is 1. The van der Waals surface area contributed by atoms with Crippen molar-refractivity contribution in [2.24, 2.45) is 0 Å². The highest BCUT2D eigenvalue weighted by Gasteiger charge is 2.04. The molecule has 1 atom stereocenters. The van der Waals surface area contributed by atoms with Crippen molar-refractivity contribution in [1.82, 2.24) is 4.98 Å². The summed E-state index contributed by atoms with van der Waals surface area (Å²) in [6.07, 6.45) is 2.80. The Hall–Kier alpha value is -1.54. The van der Waals surface area contributed by atoms with Crippen LogP contribution in [0, 0.1) is 0 Å². The Bertz CT molecular complexity index is 485. The van der Waals surface area contributed by atoms with E-state index < -0.39 is 0 Å². The van der Waals surface area contributed by atoms with Crippen molar-refractivity contribution in [3.05, 3.63) is 59.4 Å². The zero-order chi connectivity index (χ0) is 12.8. The molecule has 0 amide bonds. The molecule has 2 rings (SSSR count). The van der Waals surface area contributed by atoms with Gasteiger partial charge in [-0.2, -0.15) is 0 Å². The first-order valence-corrected chi connectivity index (χ1v) is 6.54. The molecule has 0 saturated heterocycles. The van der Waals surface area contributed by atoms with E-state index in [4.69, 9.17) is 11.6 Å². The van der Waals surface area contributed by atoms with E-state index in [2.05, 4.69) is 41.5 Å². The third kappa shape index (κ3) is 3.74. The first-order valence-electron chi connectivity index (χ1n) is 6.16. The molecule has 1 heterocycles. The van der Waals surface area contributed by atoms with Crippen LogP contribution in [0.15, 0.2) is 48.7 Å². The molecule has 1 aromatic carbocycles. The van der Waals surface area contributed by atoms with Crippen molar-refractivity contribution in [1.29, 1.82) is 0 Å². The SMILES string of the molecule is CC(CCNc1ccnc(Cl)c1)c1ccccc1. The zero-order valence-electron chi connectivity index (χ0n) is 10.4. The molecule has 0 aliphatic rings. The third-order valence-corrected chi connectivity index (χ3v) is 3.21. The van der Waals surface area contributed by atoms with Gasteiger partial charge in [-0.05, 0) is 30.0 Å². The lowest BCUT2D eigenvalue weighted by Gasteiger charge is -2.13. The van der Waals surface area contributed by atoms with Crippen molar-refractivity contribution in [2.45, 2.75) is 19.3 Å². The fourth-order valence-electron chi connectivity index (χ4n) is 1.89. The van der Waals surface area contributed by atoms with Crippen LogP contribution in [0.25, 0.3) is 0 Å². The monoisotopic (exact) mass is 260 g/mol. The van der Waals surface area contributed by atoms with Gasteiger partial charge in [-0.25, -0.2) is 4.98 Å². The van der Waals surface area contributed by atoms with Gasteiger partial charge in [0.05, 0.1) is 0 Å². The molecule has 0 radical (unpaired) electrons. The summed E-state index contributed by atoms with van der Waals surface area (Å²) in [7, 11) is 0. The molecule has 0 saturated carbocycles. The smallest absolute Gasteiger partial charge is 0.131 e. The van der Waals surface area contributed by atoms with Crippen molar-refractivity contribution in [3.63, 3.8) is 0 Å². The number of rotatable bonds is 5. The summed E-state index contributed by atoms with van der Waals surface area (Å²) in [4.78, 5) is 3.96. The Balaban J connectivity index is 1.82. The van der Waals surface area contributed by atoms with Crippen LogP contribution in [0.3, 0.4) is 0 Å². The molecule has 0 bridgehead atoms. The van der Waals surface area contributed by atoms with Crippen LogP contribution in [0.2, 0.25) is 5.15 Å². The van der Waals surface area contributed by atoms with Gasteiger partial charge in [-0.1, -0.05) is 48.9 Å². The average Bonchev–Trinajstić information content (AvgIpc) is 2.40. The Morgan fingerprint density at radius 2 is 2.00 bits per heavy atom. The third-order valence-electron chi connectivity index (χ3n) is 3.00. The predicted molar refractivity (Wildman–Crippen MR) is 77.2 cm³/mol. The number of pyridine rings is 1. The van der Waals surface area contributed by atoms with E-state index in [1.165, 1.54) is 5.56 Å². The highest BCUT2D eigenvalue weighted by molar-refractivity contribution is 6.29. The van der Waals surface area contributed by atoms with E-state index in [-0.39, 0.29) is 0 Å². The maximum absolute atomic E-state index is 5.83. The molecule has 0 spiro atoms. The highest BCUT2D eigenvalue weighted by Crippen LogP contribution is 2.19. The topological polar surface area (TPSA) is 24.9 Å². The normalized spacial score (nSPS) is 12.1. The largest absolute Gasteiger partial charge is 0.385 e. The summed E-state index contributed by atoms with van der Waals surface area (Å²) in [5.41, 5.74) is 2.40. The lowest BCUT2D eigenvalue weighted by atomic mass is 9.98. The molecule has 0 aliphatic heterocycles. The minimum Gasteiger partial charge on any atom is -0.385 e. The molecule has 94 valence electrons. The highest BCUT2D eigenvalue weighted by atomic mass is 35.5. The minimum absolute atomic E-state index is 0.524. The number of anilines is 1. The van der Waals surface area contributed by atoms with Crippen LogP contribution in [0.1, 0.15) is 24.8 Å². The van der Waals surface area contributed by atoms with Crippen LogP contribution in [-0.4, -0.2) is 11.5 Å². The van der Waals surface area contributed by atoms with Gasteiger partial charge < -0.3 is 5.32 Å². The summed E-state index contributed by atoms with van der Waals surface area (Å²) in [5.74, 6) is 0.552. The second-order valence-corrected chi connectivity index (χ2v) is 4.78. The first-order chi connectivity index (χ1) is 8.75. The summed E-state index contributed by atoms with van der Waals surface area (Å²) in [6, 6.07) is 14.3. The van der Waals surface area contributed by atoms with Gasteiger partial charge in [0.2, 0.25) is 0 Å². The van der Waals surface area contributed by atoms with Crippen molar-refractivity contribution >= 4 is 17.3 Å². The van der Waals surface area contributed by atoms with E-state index in [9.17, 15) is 0 Å². The fourth-order valence-corrected chi connectivity index (χ4v) is 2.07. The van der Waals surface area contributed by atoms with Gasteiger partial charge in [-0.15, -0.1) is 0 Å². The standard InChI is InChI=1S/C15H17ClN2/c1-12(13-5-3-2-4-6-13)7-9-17-14-8-10-18-15(16)11-14/h2-6,8,10-12H,7,9H2,1H3,(H,17,18). The molecule has 18 heavy (non-hydrogen) atoms. The predicted octanol–water partition coefficient (Wildman–Crippen LogP) is 4.34. The fraction of sp³-hybridized carbons (Fsp3) is 0.267. The number of hydrogen-bond acceptors (Lipinski definition) is 2. The summed E-state index contributed by atoms with van der Waals surface area (Å²) < 4.78 is 0. The van der Waals surface area contributed by atoms with Gasteiger partial charge in [0.1, 0.15) is 5.15 Å². The van der Waals surface area contributed by atoms with Crippen LogP contribution in [0.5, 0.6) is 0 Å². The molecular weight excluding hydrogens is 244 g/mol. The lowest BCUT2D eigenvalue weighted by molar-refractivity contribution is 0.706. The number of hydrogen-bond donors (Lipinski definition) is 1. The van der Waals surface area contributed by atoms with E-state index in [1.807, 2.05) is 18.2 Å². The molecule has 2 aromatic rings. The van der Waals surface area contributed by atoms with Crippen molar-refractivity contribution < 1.29 is 0 Å². The Morgan fingerprint density at radius 3 is 2.72 bits per heavy atom. The number of nitrogens with zero attached hydrogens (tertiary/aromatic N) is 1.